The molecule has 0 N–H and O–H groups in total. The fourth-order valence-electron chi connectivity index (χ4n) is 13.0. The zero-order valence-electron chi connectivity index (χ0n) is 58.0. The minimum Gasteiger partial charge on any atom is -0.489 e. The first-order valence-electron chi connectivity index (χ1n) is 34.0. The lowest BCUT2D eigenvalue weighted by Crippen LogP contribution is -2.38. The number of rotatable bonds is 24. The highest BCUT2D eigenvalue weighted by atomic mass is 16.9. The third-order valence-corrected chi connectivity index (χ3v) is 19.2. The number of allylic oxidation sites excluding steroid dienone is 4. The number of ether oxygens (including phenoxy) is 12. The molecule has 4 aromatic heterocycles. The molecule has 8 aromatic rings. The molecule has 4 aromatic carbocycles. The molecule has 4 fully saturated rings. The van der Waals surface area contributed by atoms with Crippen molar-refractivity contribution >= 4 is 56.0 Å². The van der Waals surface area contributed by atoms with E-state index in [0.29, 0.717) is 84.0 Å². The minimum atomic E-state index is -1.31. The van der Waals surface area contributed by atoms with Crippen molar-refractivity contribution in [3.05, 3.63) is 188 Å². The Labute approximate surface area is 570 Å². The first-order valence-corrected chi connectivity index (χ1v) is 34.0. The molecule has 2 unspecified atom stereocenters. The number of fused-ring (bicyclic) bond motifs is 6. The molecule has 98 heavy (non-hydrogen) atoms. The van der Waals surface area contributed by atoms with Gasteiger partial charge in [0.15, 0.2) is 0 Å². The minimum absolute atomic E-state index is 0.0251. The Hall–Kier alpha value is -8.62. The molecular formula is C80H88O18. The van der Waals surface area contributed by atoms with Crippen LogP contribution in [0.2, 0.25) is 0 Å². The van der Waals surface area contributed by atoms with Crippen LogP contribution in [0.15, 0.2) is 183 Å². The van der Waals surface area contributed by atoms with Gasteiger partial charge in [-0.15, -0.1) is 0 Å². The van der Waals surface area contributed by atoms with Gasteiger partial charge in [-0.05, 0) is 219 Å². The predicted molar refractivity (Wildman–Crippen MR) is 374 cm³/mol. The van der Waals surface area contributed by atoms with Crippen molar-refractivity contribution in [2.75, 3.05) is 26.4 Å². The van der Waals surface area contributed by atoms with Crippen LogP contribution in [0, 0.1) is 0 Å². The lowest BCUT2D eigenvalue weighted by atomic mass is 9.96. The van der Waals surface area contributed by atoms with E-state index in [0.717, 1.165) is 107 Å². The summed E-state index contributed by atoms with van der Waals surface area (Å²) in [6.45, 7) is 26.7. The molecule has 6 aliphatic rings. The molecular weight excluding hydrogens is 1250 g/mol. The monoisotopic (exact) mass is 1340 g/mol. The first-order chi connectivity index (χ1) is 46.8. The summed E-state index contributed by atoms with van der Waals surface area (Å²) in [5.74, 6) is 1.36. The molecule has 0 bridgehead atoms. The third kappa shape index (κ3) is 15.5. The Morgan fingerprint density at radius 2 is 0.755 bits per heavy atom. The van der Waals surface area contributed by atoms with Crippen LogP contribution in [-0.2, 0) is 28.4 Å². The number of furan rings is 2. The molecule has 2 spiro atoms. The molecule has 6 atom stereocenters. The van der Waals surface area contributed by atoms with E-state index in [4.69, 9.17) is 74.5 Å². The van der Waals surface area contributed by atoms with Gasteiger partial charge >= 0.3 is 23.2 Å². The molecule has 0 radical (unpaired) electrons. The molecule has 18 nitrogen and oxygen atoms in total. The lowest BCUT2D eigenvalue weighted by molar-refractivity contribution is -0.271. The van der Waals surface area contributed by atoms with Gasteiger partial charge in [-0.25, -0.2) is 9.59 Å². The second-order valence-electron chi connectivity index (χ2n) is 28.5. The maximum Gasteiger partial charge on any atom is 0.350 e. The van der Waals surface area contributed by atoms with Gasteiger partial charge in [0.2, 0.25) is 0 Å². The van der Waals surface area contributed by atoms with Gasteiger partial charge < -0.3 is 74.5 Å². The SMILES string of the molecule is C/C(=C\COc1ccc2c(c1)O[C@@]1(C=C2)O[C@H](CC/C(C)=C/COc2c3ccoc3cc3oc(=O)ccc23)C(C)(C)O1)CCC1OC1(C)C.C/C(=C\COc1ccc2c(c1)O[C@]1(C=C2)O[C@H](CC/C(C)=C/COc2c3ccoc3cc3oc(=O)ccc23)C(C)(C)O1)CCC1OC1(C)C. The molecule has 0 aliphatic carbocycles. The van der Waals surface area contributed by atoms with Crippen molar-refractivity contribution in [1.29, 1.82) is 0 Å². The smallest absolute Gasteiger partial charge is 0.350 e. The molecule has 0 amide bonds. The summed E-state index contributed by atoms with van der Waals surface area (Å²) in [4.78, 5) is 23.6. The zero-order valence-corrected chi connectivity index (χ0v) is 58.0. The Morgan fingerprint density at radius 1 is 0.408 bits per heavy atom. The van der Waals surface area contributed by atoms with Crippen molar-refractivity contribution in [3.8, 4) is 34.5 Å². The second-order valence-corrected chi connectivity index (χ2v) is 28.5. The number of benzene rings is 4. The Balaban J connectivity index is 0.000000176. The van der Waals surface area contributed by atoms with Crippen LogP contribution < -0.4 is 39.7 Å². The quantitative estimate of drug-likeness (QED) is 0.0313. The Morgan fingerprint density at radius 3 is 1.12 bits per heavy atom. The van der Waals surface area contributed by atoms with Crippen molar-refractivity contribution < 1.29 is 74.5 Å². The van der Waals surface area contributed by atoms with Crippen LogP contribution >= 0.6 is 0 Å². The summed E-state index contributed by atoms with van der Waals surface area (Å²) >= 11 is 0. The number of hydrogen-bond acceptors (Lipinski definition) is 18. The molecule has 6 aliphatic heterocycles. The molecule has 18 heteroatoms. The first kappa shape index (κ1) is 67.9. The van der Waals surface area contributed by atoms with Gasteiger partial charge in [0.1, 0.15) is 83.3 Å². The molecule has 516 valence electrons. The van der Waals surface area contributed by atoms with E-state index in [1.807, 2.05) is 101 Å². The largest absolute Gasteiger partial charge is 0.489 e. The maximum atomic E-state index is 11.8. The van der Waals surface area contributed by atoms with Crippen LogP contribution in [0.1, 0.15) is 146 Å². The average Bonchev–Trinajstić information content (AvgIpc) is 1.57. The standard InChI is InChI=1S/2C40H44O9/c2*1-25(7-12-34-38(3,4)47-34)16-20-42-28-10-9-27-15-19-40(46-31(27)23-28)48-35(39(5,6)49-40)13-8-26(2)17-21-44-37-29-11-14-36(41)45-33(29)24-32-30(37)18-22-43-32/h2*9-11,14-19,22-24,34-35H,7-8,12-13,20-21H2,1-6H3/b2*25-16+,26-17+/t34?,35-,40+;34?,35-,40-/m11/s1. The van der Waals surface area contributed by atoms with Crippen LogP contribution in [0.3, 0.4) is 0 Å². The van der Waals surface area contributed by atoms with E-state index in [2.05, 4.69) is 79.7 Å². The summed E-state index contributed by atoms with van der Waals surface area (Å²) < 4.78 is 96.5. The molecule has 14 rings (SSSR count). The highest BCUT2D eigenvalue weighted by Crippen LogP contribution is 2.48. The molecule has 0 saturated carbocycles. The van der Waals surface area contributed by atoms with Crippen molar-refractivity contribution in [2.45, 2.75) is 193 Å². The number of hydrogen-bond donors (Lipinski definition) is 0. The summed E-state index contributed by atoms with van der Waals surface area (Å²) in [5.41, 5.74) is 6.82. The summed E-state index contributed by atoms with van der Waals surface area (Å²) in [5, 5.41) is 3.08. The van der Waals surface area contributed by atoms with Crippen LogP contribution in [0.4, 0.5) is 0 Å². The van der Waals surface area contributed by atoms with Gasteiger partial charge in [-0.1, -0.05) is 22.3 Å². The Bertz CT molecular complexity index is 4310. The third-order valence-electron chi connectivity index (χ3n) is 19.2. The summed E-state index contributed by atoms with van der Waals surface area (Å²) in [6.07, 6.45) is 26.5. The highest BCUT2D eigenvalue weighted by Gasteiger charge is 2.55. The van der Waals surface area contributed by atoms with Crippen LogP contribution in [-0.4, -0.2) is 85.2 Å². The zero-order chi connectivity index (χ0) is 68.8. The van der Waals surface area contributed by atoms with Gasteiger partial charge in [-0.3, -0.25) is 0 Å². The van der Waals surface area contributed by atoms with Gasteiger partial charge in [-0.2, -0.15) is 0 Å². The summed E-state index contributed by atoms with van der Waals surface area (Å²) in [7, 11) is 0. The van der Waals surface area contributed by atoms with Gasteiger partial charge in [0, 0.05) is 59.7 Å². The Kier molecular flexibility index (Phi) is 18.9. The topological polar surface area (TPSA) is 204 Å². The van der Waals surface area contributed by atoms with E-state index >= 15 is 0 Å². The highest BCUT2D eigenvalue weighted by molar-refractivity contribution is 6.02. The predicted octanol–water partition coefficient (Wildman–Crippen LogP) is 17.8. The molecule has 10 heterocycles. The van der Waals surface area contributed by atoms with Crippen LogP contribution in [0.5, 0.6) is 34.5 Å². The second kappa shape index (κ2) is 27.2. The van der Waals surface area contributed by atoms with Crippen molar-refractivity contribution in [2.24, 2.45) is 0 Å². The normalized spacial score (nSPS) is 24.0. The number of epoxide rings is 2. The van der Waals surface area contributed by atoms with Crippen LogP contribution in [0.25, 0.3) is 56.0 Å². The maximum absolute atomic E-state index is 11.8. The average molecular weight is 1340 g/mol. The van der Waals surface area contributed by atoms with E-state index in [1.165, 1.54) is 23.3 Å². The summed E-state index contributed by atoms with van der Waals surface area (Å²) in [6, 6.07) is 25.0. The van der Waals surface area contributed by atoms with E-state index in [9.17, 15) is 9.59 Å². The van der Waals surface area contributed by atoms with E-state index in [-0.39, 0.29) is 23.4 Å². The lowest BCUT2D eigenvalue weighted by Gasteiger charge is -2.30. The van der Waals surface area contributed by atoms with E-state index < -0.39 is 34.4 Å². The molecule has 4 saturated heterocycles. The van der Waals surface area contributed by atoms with Crippen molar-refractivity contribution in [3.63, 3.8) is 0 Å². The van der Waals surface area contributed by atoms with E-state index in [1.54, 1.807) is 36.8 Å². The van der Waals surface area contributed by atoms with Crippen molar-refractivity contribution in [1.82, 2.24) is 0 Å². The fourth-order valence-corrected chi connectivity index (χ4v) is 13.0. The van der Waals surface area contributed by atoms with Gasteiger partial charge in [0.25, 0.3) is 0 Å². The fraction of sp³-hybridized carbons (Fsp3) is 0.425. The van der Waals surface area contributed by atoms with Gasteiger partial charge in [0.05, 0.1) is 80.9 Å².